The highest BCUT2D eigenvalue weighted by Gasteiger charge is 2.17. The summed E-state index contributed by atoms with van der Waals surface area (Å²) in [5.74, 6) is -1.56. The van der Waals surface area contributed by atoms with Crippen molar-refractivity contribution in [3.63, 3.8) is 0 Å². The number of carbonyl (C=O) groups is 3. The van der Waals surface area contributed by atoms with Gasteiger partial charge in [-0.1, -0.05) is 54.1 Å². The third kappa shape index (κ3) is 5.91. The molecule has 38 heavy (non-hydrogen) atoms. The lowest BCUT2D eigenvalue weighted by Gasteiger charge is -2.12. The number of esters is 1. The molecule has 0 aliphatic heterocycles. The summed E-state index contributed by atoms with van der Waals surface area (Å²) in [6, 6.07) is 21.9. The Hall–Kier alpha value is -4.89. The average molecular weight is 532 g/mol. The largest absolute Gasteiger partial charge is 0.493 e. The predicted molar refractivity (Wildman–Crippen MR) is 144 cm³/mol. The van der Waals surface area contributed by atoms with Crippen LogP contribution in [0.5, 0.6) is 17.2 Å². The normalized spacial score (nSPS) is 10.7. The number of nitrogens with one attached hydrogen (secondary N) is 2. The Morgan fingerprint density at radius 3 is 2.29 bits per heavy atom. The topological polar surface area (TPSA) is 115 Å². The third-order valence-electron chi connectivity index (χ3n) is 5.44. The summed E-state index contributed by atoms with van der Waals surface area (Å²) in [7, 11) is 2.96. The van der Waals surface area contributed by atoms with Crippen LogP contribution in [0.1, 0.15) is 15.9 Å². The van der Waals surface area contributed by atoms with E-state index >= 15 is 0 Å². The maximum Gasteiger partial charge on any atom is 0.343 e. The summed E-state index contributed by atoms with van der Waals surface area (Å²) >= 11 is 6.02. The van der Waals surface area contributed by atoms with Gasteiger partial charge in [0.15, 0.2) is 11.5 Å². The fourth-order valence-corrected chi connectivity index (χ4v) is 3.75. The second-order valence-corrected chi connectivity index (χ2v) is 8.20. The molecule has 192 valence electrons. The first kappa shape index (κ1) is 26.2. The van der Waals surface area contributed by atoms with E-state index < -0.39 is 17.8 Å². The number of amides is 2. The second-order valence-electron chi connectivity index (χ2n) is 7.79. The summed E-state index contributed by atoms with van der Waals surface area (Å²) in [4.78, 5) is 37.5. The van der Waals surface area contributed by atoms with Crippen LogP contribution in [0.15, 0.2) is 84.0 Å². The zero-order valence-corrected chi connectivity index (χ0v) is 21.1. The van der Waals surface area contributed by atoms with E-state index in [2.05, 4.69) is 15.8 Å². The van der Waals surface area contributed by atoms with Crippen LogP contribution in [-0.4, -0.2) is 38.2 Å². The van der Waals surface area contributed by atoms with E-state index in [-0.39, 0.29) is 22.0 Å². The van der Waals surface area contributed by atoms with Crippen LogP contribution in [0.4, 0.5) is 5.69 Å². The summed E-state index contributed by atoms with van der Waals surface area (Å²) in [6.07, 6.45) is 1.31. The number of fused-ring (bicyclic) bond motifs is 1. The van der Waals surface area contributed by atoms with Gasteiger partial charge in [-0.15, -0.1) is 0 Å². The Balaban J connectivity index is 1.56. The molecule has 2 N–H and O–H groups in total. The lowest BCUT2D eigenvalue weighted by Crippen LogP contribution is -2.32. The van der Waals surface area contributed by atoms with E-state index in [9.17, 15) is 14.4 Å². The Labute approximate surface area is 223 Å². The lowest BCUT2D eigenvalue weighted by molar-refractivity contribution is -0.136. The van der Waals surface area contributed by atoms with Gasteiger partial charge in [0.2, 0.25) is 0 Å². The molecule has 0 saturated heterocycles. The summed E-state index contributed by atoms with van der Waals surface area (Å²) in [5, 5.41) is 8.18. The molecule has 0 bridgehead atoms. The molecule has 9 nitrogen and oxygen atoms in total. The van der Waals surface area contributed by atoms with Crippen LogP contribution >= 0.6 is 11.6 Å². The van der Waals surface area contributed by atoms with Crippen molar-refractivity contribution in [2.45, 2.75) is 0 Å². The maximum atomic E-state index is 12.9. The molecule has 4 aromatic carbocycles. The van der Waals surface area contributed by atoms with Crippen LogP contribution in [0.25, 0.3) is 10.8 Å². The van der Waals surface area contributed by atoms with E-state index in [1.165, 1.54) is 26.5 Å². The summed E-state index contributed by atoms with van der Waals surface area (Å²) in [6.45, 7) is 0. The molecule has 0 saturated carbocycles. The van der Waals surface area contributed by atoms with Crippen molar-refractivity contribution in [3.05, 3.63) is 95.0 Å². The van der Waals surface area contributed by atoms with Gasteiger partial charge in [0.1, 0.15) is 5.75 Å². The molecule has 10 heteroatoms. The fraction of sp³-hybridized carbons (Fsp3) is 0.0714. The number of nitrogens with zero attached hydrogens (tertiary/aromatic N) is 1. The smallest absolute Gasteiger partial charge is 0.343 e. The Morgan fingerprint density at radius 1 is 0.816 bits per heavy atom. The molecule has 0 fully saturated rings. The number of methoxy groups -OCH3 is 2. The Kier molecular flexibility index (Phi) is 8.20. The van der Waals surface area contributed by atoms with Gasteiger partial charge in [-0.25, -0.2) is 10.2 Å². The van der Waals surface area contributed by atoms with E-state index in [1.807, 2.05) is 24.3 Å². The highest BCUT2D eigenvalue weighted by Crippen LogP contribution is 2.30. The van der Waals surface area contributed by atoms with Crippen molar-refractivity contribution < 1.29 is 28.6 Å². The minimum atomic E-state index is -1.01. The molecule has 0 heterocycles. The number of para-hydroxylation sites is 1. The highest BCUT2D eigenvalue weighted by atomic mass is 35.5. The van der Waals surface area contributed by atoms with Crippen LogP contribution < -0.4 is 25.0 Å². The van der Waals surface area contributed by atoms with E-state index in [4.69, 9.17) is 25.8 Å². The van der Waals surface area contributed by atoms with Gasteiger partial charge >= 0.3 is 17.8 Å². The van der Waals surface area contributed by atoms with Crippen molar-refractivity contribution >= 4 is 52.1 Å². The predicted octanol–water partition coefficient (Wildman–Crippen LogP) is 4.82. The average Bonchev–Trinajstić information content (AvgIpc) is 2.94. The minimum Gasteiger partial charge on any atom is -0.493 e. The number of rotatable bonds is 7. The third-order valence-corrected chi connectivity index (χ3v) is 5.77. The van der Waals surface area contributed by atoms with Crippen molar-refractivity contribution in [1.82, 2.24) is 5.43 Å². The van der Waals surface area contributed by atoms with Gasteiger partial charge in [0.25, 0.3) is 0 Å². The van der Waals surface area contributed by atoms with Gasteiger partial charge in [-0.3, -0.25) is 9.59 Å². The van der Waals surface area contributed by atoms with Crippen LogP contribution in [0, 0.1) is 0 Å². The van der Waals surface area contributed by atoms with Gasteiger partial charge in [0.05, 0.1) is 36.7 Å². The van der Waals surface area contributed by atoms with Crippen molar-refractivity contribution in [2.75, 3.05) is 19.5 Å². The number of hydrogen-bond acceptors (Lipinski definition) is 7. The number of halogens is 1. The summed E-state index contributed by atoms with van der Waals surface area (Å²) in [5.41, 5.74) is 3.13. The molecule has 0 atom stereocenters. The zero-order valence-electron chi connectivity index (χ0n) is 20.4. The second kappa shape index (κ2) is 11.9. The molecule has 0 radical (unpaired) electrons. The SMILES string of the molecule is COc1ccc(C(=O)Oc2ccc3ccccc3c2C=NNC(=O)C(=O)Nc2ccccc2Cl)cc1OC. The zero-order chi connectivity index (χ0) is 27.1. The van der Waals surface area contributed by atoms with E-state index in [0.29, 0.717) is 22.4 Å². The van der Waals surface area contributed by atoms with Crippen molar-refractivity contribution in [2.24, 2.45) is 5.10 Å². The number of carbonyl (C=O) groups excluding carboxylic acids is 3. The van der Waals surface area contributed by atoms with Crippen LogP contribution in [0.3, 0.4) is 0 Å². The summed E-state index contributed by atoms with van der Waals surface area (Å²) < 4.78 is 16.2. The first-order chi connectivity index (χ1) is 18.4. The van der Waals surface area contributed by atoms with Gasteiger partial charge in [-0.2, -0.15) is 5.10 Å². The quantitative estimate of drug-likeness (QED) is 0.116. The molecular formula is C28H22ClN3O6. The van der Waals surface area contributed by atoms with Crippen molar-refractivity contribution in [3.8, 4) is 17.2 Å². The molecule has 0 aliphatic rings. The fourth-order valence-electron chi connectivity index (χ4n) is 3.57. The monoisotopic (exact) mass is 531 g/mol. The Bertz CT molecular complexity index is 1550. The number of hydrazone groups is 1. The maximum absolute atomic E-state index is 12.9. The Morgan fingerprint density at radius 2 is 1.53 bits per heavy atom. The lowest BCUT2D eigenvalue weighted by atomic mass is 10.0. The molecule has 0 spiro atoms. The molecule has 0 unspecified atom stereocenters. The molecule has 4 aromatic rings. The molecule has 0 aromatic heterocycles. The van der Waals surface area contributed by atoms with Crippen molar-refractivity contribution in [1.29, 1.82) is 0 Å². The first-order valence-corrected chi connectivity index (χ1v) is 11.6. The van der Waals surface area contributed by atoms with Gasteiger partial charge < -0.3 is 19.5 Å². The minimum absolute atomic E-state index is 0.196. The van der Waals surface area contributed by atoms with Gasteiger partial charge in [-0.05, 0) is 47.2 Å². The number of anilines is 1. The first-order valence-electron chi connectivity index (χ1n) is 11.3. The van der Waals surface area contributed by atoms with Crippen LogP contribution in [0.2, 0.25) is 5.02 Å². The molecule has 0 aliphatic carbocycles. The van der Waals surface area contributed by atoms with E-state index in [0.717, 1.165) is 5.39 Å². The molecular weight excluding hydrogens is 510 g/mol. The molecule has 4 rings (SSSR count). The standard InChI is InChI=1S/C28H22ClN3O6/c1-36-24-14-12-18(15-25(24)37-2)28(35)38-23-13-11-17-7-3-4-8-19(17)20(23)16-30-32-27(34)26(33)31-22-10-6-5-9-21(22)29/h3-16H,1-2H3,(H,31,33)(H,32,34). The molecule has 2 amide bonds. The number of ether oxygens (including phenoxy) is 3. The van der Waals surface area contributed by atoms with E-state index in [1.54, 1.807) is 48.5 Å². The highest BCUT2D eigenvalue weighted by molar-refractivity contribution is 6.41. The van der Waals surface area contributed by atoms with Crippen LogP contribution in [-0.2, 0) is 9.59 Å². The number of benzene rings is 4. The van der Waals surface area contributed by atoms with Gasteiger partial charge in [0, 0.05) is 5.56 Å². The number of hydrogen-bond donors (Lipinski definition) is 2.